The third kappa shape index (κ3) is 6.34. The van der Waals surface area contributed by atoms with Gasteiger partial charge < -0.3 is 4.90 Å². The molecule has 0 aliphatic heterocycles. The Bertz CT molecular complexity index is 3090. The van der Waals surface area contributed by atoms with Gasteiger partial charge in [0.1, 0.15) is 0 Å². The summed E-state index contributed by atoms with van der Waals surface area (Å²) in [5, 5.41) is 0. The van der Waals surface area contributed by atoms with Gasteiger partial charge in [-0.1, -0.05) is 212 Å². The summed E-state index contributed by atoms with van der Waals surface area (Å²) in [6.07, 6.45) is 18.7. The maximum absolute atomic E-state index is 5.61. The Morgan fingerprint density at radius 2 is 1.03 bits per heavy atom. The van der Waals surface area contributed by atoms with Gasteiger partial charge in [0.2, 0.25) is 0 Å². The van der Waals surface area contributed by atoms with E-state index in [0.717, 1.165) is 18.5 Å². The molecule has 8 aromatic carbocycles. The van der Waals surface area contributed by atoms with Crippen LogP contribution >= 0.6 is 0 Å². The summed E-state index contributed by atoms with van der Waals surface area (Å²) in [6, 6.07) is 74.0. The number of para-hydroxylation sites is 1. The number of hydrogen-bond acceptors (Lipinski definition) is 1. The van der Waals surface area contributed by atoms with Crippen molar-refractivity contribution in [2.24, 2.45) is 0 Å². The summed E-state index contributed by atoms with van der Waals surface area (Å²) in [5.41, 5.74) is 22.2. The highest BCUT2D eigenvalue weighted by atomic mass is 15.2. The van der Waals surface area contributed by atoms with Crippen molar-refractivity contribution in [1.29, 1.82) is 0 Å². The number of hydrogen-bond donors (Lipinski definition) is 0. The molecule has 0 N–H and O–H groups in total. The Hall–Kier alpha value is -7.92. The van der Waals surface area contributed by atoms with Crippen LogP contribution in [0, 0.1) is 12.3 Å². The minimum atomic E-state index is -0.404. The summed E-state index contributed by atoms with van der Waals surface area (Å²) in [6.45, 7) is 0. The summed E-state index contributed by atoms with van der Waals surface area (Å²) in [5.74, 6) is 2.64. The van der Waals surface area contributed by atoms with Gasteiger partial charge >= 0.3 is 0 Å². The summed E-state index contributed by atoms with van der Waals surface area (Å²) < 4.78 is 0. The lowest BCUT2D eigenvalue weighted by Crippen LogP contribution is -2.28. The fourth-order valence-electron chi connectivity index (χ4n) is 10.6. The SMILES string of the molecule is C#C/C=C\C=C/Cc1cccc(-c2ccccc2)c1N(C1=CCCC2=C1c1ccccc1C21c2ccccc2-c2ccccc21)c1cc(-c2ccccc2)cc(-c2ccccc2)c1. The van der Waals surface area contributed by atoms with Gasteiger partial charge in [0, 0.05) is 16.8 Å². The van der Waals surface area contributed by atoms with Crippen LogP contribution in [0.2, 0.25) is 0 Å². The smallest absolute Gasteiger partial charge is 0.0689 e. The van der Waals surface area contributed by atoms with Crippen molar-refractivity contribution in [2.45, 2.75) is 24.7 Å². The van der Waals surface area contributed by atoms with E-state index in [0.29, 0.717) is 6.42 Å². The molecule has 1 heteroatoms. The van der Waals surface area contributed by atoms with E-state index in [1.54, 1.807) is 6.08 Å². The highest BCUT2D eigenvalue weighted by Crippen LogP contribution is 2.65. The first-order valence-electron chi connectivity index (χ1n) is 22.0. The molecule has 0 saturated carbocycles. The number of fused-ring (bicyclic) bond motifs is 9. The van der Waals surface area contributed by atoms with Crippen LogP contribution in [0.4, 0.5) is 11.4 Å². The lowest BCUT2D eigenvalue weighted by atomic mass is 9.68. The van der Waals surface area contributed by atoms with E-state index in [2.05, 4.69) is 229 Å². The molecule has 0 heterocycles. The third-order valence-electron chi connectivity index (χ3n) is 13.1. The molecule has 0 radical (unpaired) electrons. The predicted octanol–water partition coefficient (Wildman–Crippen LogP) is 15.6. The van der Waals surface area contributed by atoms with Gasteiger partial charge in [-0.25, -0.2) is 0 Å². The second-order valence-electron chi connectivity index (χ2n) is 16.5. The van der Waals surface area contributed by atoms with Gasteiger partial charge in [-0.15, -0.1) is 6.42 Å². The molecule has 8 aromatic rings. The molecule has 0 unspecified atom stereocenters. The predicted molar refractivity (Wildman–Crippen MR) is 265 cm³/mol. The first-order valence-corrected chi connectivity index (χ1v) is 22.0. The molecule has 63 heavy (non-hydrogen) atoms. The minimum Gasteiger partial charge on any atom is -0.309 e. The fraction of sp³-hybridized carbons (Fsp3) is 0.0645. The fourth-order valence-corrected chi connectivity index (χ4v) is 10.6. The standard InChI is InChI=1S/C62H45N/c1-2-3-4-5-9-30-47-31-22-35-51(46-28-14-8-15-29-46)61(47)63(50-42-48(44-24-10-6-11-25-44)41-49(43-50)45-26-12-7-13-27-45)59-40-23-39-58-60(59)54-34-18-21-38-57(54)62(58)55-36-19-16-32-52(55)53-33-17-20-37-56(53)62/h1,3-22,24-29,31-38,40-43H,23,30,39H2/b4-3-,9-5-. The normalized spacial score (nSPS) is 14.3. The second kappa shape index (κ2) is 16.2. The first kappa shape index (κ1) is 38.0. The van der Waals surface area contributed by atoms with Gasteiger partial charge in [0.25, 0.3) is 0 Å². The topological polar surface area (TPSA) is 3.24 Å². The molecule has 3 aliphatic carbocycles. The van der Waals surface area contributed by atoms with Gasteiger partial charge in [-0.2, -0.15) is 0 Å². The van der Waals surface area contributed by atoms with Crippen LogP contribution in [0.25, 0.3) is 50.1 Å². The zero-order valence-electron chi connectivity index (χ0n) is 35.1. The molecule has 0 saturated heterocycles. The third-order valence-corrected chi connectivity index (χ3v) is 13.1. The van der Waals surface area contributed by atoms with E-state index in [1.165, 1.54) is 94.9 Å². The van der Waals surface area contributed by atoms with E-state index in [9.17, 15) is 0 Å². The number of anilines is 2. The molecule has 1 spiro atoms. The molecule has 0 bridgehead atoms. The van der Waals surface area contributed by atoms with E-state index in [4.69, 9.17) is 6.42 Å². The molecule has 298 valence electrons. The zero-order valence-corrected chi connectivity index (χ0v) is 35.1. The van der Waals surface area contributed by atoms with Crippen molar-refractivity contribution in [3.05, 3.63) is 270 Å². The maximum Gasteiger partial charge on any atom is 0.0689 e. The van der Waals surface area contributed by atoms with Gasteiger partial charge in [0.15, 0.2) is 0 Å². The van der Waals surface area contributed by atoms with Crippen LogP contribution < -0.4 is 4.90 Å². The van der Waals surface area contributed by atoms with Crippen molar-refractivity contribution in [2.75, 3.05) is 4.90 Å². The number of rotatable bonds is 9. The van der Waals surface area contributed by atoms with E-state index in [1.807, 2.05) is 6.08 Å². The highest BCUT2D eigenvalue weighted by Gasteiger charge is 2.54. The molecule has 3 aliphatic rings. The summed E-state index contributed by atoms with van der Waals surface area (Å²) in [4.78, 5) is 2.62. The van der Waals surface area contributed by atoms with E-state index < -0.39 is 5.41 Å². The van der Waals surface area contributed by atoms with Crippen LogP contribution in [0.15, 0.2) is 242 Å². The average Bonchev–Trinajstić information content (AvgIpc) is 3.83. The number of terminal acetylenes is 1. The van der Waals surface area contributed by atoms with Crippen molar-refractivity contribution in [1.82, 2.24) is 0 Å². The van der Waals surface area contributed by atoms with E-state index >= 15 is 0 Å². The average molecular weight is 804 g/mol. The molecule has 0 aromatic heterocycles. The summed E-state index contributed by atoms with van der Waals surface area (Å²) in [7, 11) is 0. The van der Waals surface area contributed by atoms with Crippen LogP contribution in [0.1, 0.15) is 40.7 Å². The van der Waals surface area contributed by atoms with E-state index in [-0.39, 0.29) is 0 Å². The van der Waals surface area contributed by atoms with Crippen molar-refractivity contribution < 1.29 is 0 Å². The Balaban J connectivity index is 1.24. The van der Waals surface area contributed by atoms with Gasteiger partial charge in [-0.05, 0) is 116 Å². The van der Waals surface area contributed by atoms with Crippen LogP contribution in [0.5, 0.6) is 0 Å². The van der Waals surface area contributed by atoms with Gasteiger partial charge in [-0.3, -0.25) is 0 Å². The number of benzene rings is 8. The van der Waals surface area contributed by atoms with Crippen molar-refractivity contribution in [3.63, 3.8) is 0 Å². The van der Waals surface area contributed by atoms with Crippen molar-refractivity contribution >= 4 is 16.9 Å². The monoisotopic (exact) mass is 803 g/mol. The lowest BCUT2D eigenvalue weighted by molar-refractivity contribution is 0.711. The van der Waals surface area contributed by atoms with Gasteiger partial charge in [0.05, 0.1) is 16.8 Å². The molecular weight excluding hydrogens is 759 g/mol. The van der Waals surface area contributed by atoms with Crippen molar-refractivity contribution in [3.8, 4) is 56.9 Å². The molecule has 0 amide bonds. The van der Waals surface area contributed by atoms with Crippen LogP contribution in [0.3, 0.4) is 0 Å². The molecule has 1 nitrogen and oxygen atoms in total. The molecule has 0 fully saturated rings. The first-order chi connectivity index (χ1) is 31.3. The number of allylic oxidation sites excluding steroid dienone is 7. The second-order valence-corrected chi connectivity index (χ2v) is 16.5. The summed E-state index contributed by atoms with van der Waals surface area (Å²) >= 11 is 0. The zero-order chi connectivity index (χ0) is 42.2. The maximum atomic E-state index is 5.61. The highest BCUT2D eigenvalue weighted by molar-refractivity contribution is 6.03. The molecular formula is C62H45N. The number of nitrogens with zero attached hydrogens (tertiary/aromatic N) is 1. The Kier molecular flexibility index (Phi) is 9.76. The molecule has 11 rings (SSSR count). The quantitative estimate of drug-likeness (QED) is 0.104. The van der Waals surface area contributed by atoms with Crippen LogP contribution in [-0.4, -0.2) is 0 Å². The lowest BCUT2D eigenvalue weighted by Gasteiger charge is -2.37. The molecule has 0 atom stereocenters. The Morgan fingerprint density at radius 1 is 0.508 bits per heavy atom. The minimum absolute atomic E-state index is 0.404. The Labute approximate surface area is 371 Å². The largest absolute Gasteiger partial charge is 0.309 e. The Morgan fingerprint density at radius 3 is 1.63 bits per heavy atom. The van der Waals surface area contributed by atoms with Crippen LogP contribution in [-0.2, 0) is 11.8 Å².